The van der Waals surface area contributed by atoms with E-state index in [1.807, 2.05) is 13.8 Å². The molecule has 2 aromatic heterocycles. The van der Waals surface area contributed by atoms with Crippen LogP contribution in [0.25, 0.3) is 0 Å². The summed E-state index contributed by atoms with van der Waals surface area (Å²) in [4.78, 5) is 8.11. The van der Waals surface area contributed by atoms with Crippen LogP contribution < -0.4 is 10.1 Å². The number of halogens is 2. The highest BCUT2D eigenvalue weighted by Crippen LogP contribution is 2.29. The van der Waals surface area contributed by atoms with Crippen LogP contribution in [0, 0.1) is 17.7 Å². The van der Waals surface area contributed by atoms with E-state index >= 15 is 0 Å². The van der Waals surface area contributed by atoms with Gasteiger partial charge in [-0.15, -0.1) is 0 Å². The monoisotopic (exact) mass is 381 g/mol. The number of anilines is 2. The Labute approximate surface area is 158 Å². The standard InChI is InChI=1S/C18H25ClFN5O/c1-11(2)25-9-15(16(19)24-25)22-18-21-8-14(20)17(23-18)26-10-13-6-4-12(3)5-7-13/h8-9,11-13H,4-7,10H2,1-3H3,(H,21,22,23). The van der Waals surface area contributed by atoms with E-state index in [2.05, 4.69) is 27.3 Å². The summed E-state index contributed by atoms with van der Waals surface area (Å²) in [7, 11) is 0. The zero-order valence-electron chi connectivity index (χ0n) is 15.4. The molecule has 0 unspecified atom stereocenters. The molecular weight excluding hydrogens is 357 g/mol. The maximum atomic E-state index is 14.0. The van der Waals surface area contributed by atoms with Crippen molar-refractivity contribution in [3.8, 4) is 5.88 Å². The second-order valence-electron chi connectivity index (χ2n) is 7.32. The van der Waals surface area contributed by atoms with Gasteiger partial charge in [-0.1, -0.05) is 31.4 Å². The molecule has 142 valence electrons. The number of aromatic nitrogens is 4. The summed E-state index contributed by atoms with van der Waals surface area (Å²) in [6, 6.07) is 0.175. The van der Waals surface area contributed by atoms with Gasteiger partial charge in [-0.2, -0.15) is 14.5 Å². The van der Waals surface area contributed by atoms with E-state index in [0.717, 1.165) is 25.0 Å². The molecule has 8 heteroatoms. The normalized spacial score (nSPS) is 20.4. The van der Waals surface area contributed by atoms with E-state index < -0.39 is 5.82 Å². The molecule has 0 aliphatic heterocycles. The van der Waals surface area contributed by atoms with Crippen LogP contribution in [0.5, 0.6) is 5.88 Å². The van der Waals surface area contributed by atoms with E-state index in [1.54, 1.807) is 10.9 Å². The predicted molar refractivity (Wildman–Crippen MR) is 99.5 cm³/mol. The third kappa shape index (κ3) is 4.63. The Morgan fingerprint density at radius 1 is 1.35 bits per heavy atom. The van der Waals surface area contributed by atoms with E-state index in [9.17, 15) is 4.39 Å². The van der Waals surface area contributed by atoms with Crippen molar-refractivity contribution in [2.24, 2.45) is 11.8 Å². The number of rotatable bonds is 6. The summed E-state index contributed by atoms with van der Waals surface area (Å²) >= 11 is 6.13. The zero-order valence-corrected chi connectivity index (χ0v) is 16.1. The van der Waals surface area contributed by atoms with Crippen LogP contribution in [0.2, 0.25) is 5.15 Å². The SMILES string of the molecule is CC1CCC(COc2nc(Nc3cn(C(C)C)nc3Cl)ncc2F)CC1. The number of nitrogens with zero attached hydrogens (tertiary/aromatic N) is 4. The average molecular weight is 382 g/mol. The second kappa shape index (κ2) is 8.20. The molecule has 1 fully saturated rings. The summed E-state index contributed by atoms with van der Waals surface area (Å²) in [5.74, 6) is 0.853. The molecule has 3 rings (SSSR count). The van der Waals surface area contributed by atoms with E-state index in [4.69, 9.17) is 16.3 Å². The summed E-state index contributed by atoms with van der Waals surface area (Å²) in [6.45, 7) is 6.75. The third-order valence-corrected chi connectivity index (χ3v) is 5.04. The maximum Gasteiger partial charge on any atom is 0.255 e. The van der Waals surface area contributed by atoms with Crippen LogP contribution in [-0.2, 0) is 0 Å². The average Bonchev–Trinajstić information content (AvgIpc) is 2.98. The second-order valence-corrected chi connectivity index (χ2v) is 7.67. The van der Waals surface area contributed by atoms with Crippen LogP contribution in [0.3, 0.4) is 0 Å². The Hall–Kier alpha value is -1.89. The van der Waals surface area contributed by atoms with Crippen molar-refractivity contribution in [3.05, 3.63) is 23.4 Å². The fraction of sp³-hybridized carbons (Fsp3) is 0.611. The first-order chi connectivity index (χ1) is 12.4. The molecule has 2 heterocycles. The van der Waals surface area contributed by atoms with Gasteiger partial charge in [-0.25, -0.2) is 4.98 Å². The van der Waals surface area contributed by atoms with Gasteiger partial charge in [0.25, 0.3) is 5.88 Å². The maximum absolute atomic E-state index is 14.0. The topological polar surface area (TPSA) is 64.9 Å². The predicted octanol–water partition coefficient (Wildman–Crippen LogP) is 5.00. The van der Waals surface area contributed by atoms with Gasteiger partial charge in [0.1, 0.15) is 0 Å². The highest BCUT2D eigenvalue weighted by molar-refractivity contribution is 6.32. The largest absolute Gasteiger partial charge is 0.475 e. The summed E-state index contributed by atoms with van der Waals surface area (Å²) in [5, 5.41) is 7.49. The Bertz CT molecular complexity index is 743. The van der Waals surface area contributed by atoms with Gasteiger partial charge in [0.15, 0.2) is 5.15 Å². The fourth-order valence-corrected chi connectivity index (χ4v) is 3.23. The molecule has 1 N–H and O–H groups in total. The lowest BCUT2D eigenvalue weighted by Gasteiger charge is -2.25. The van der Waals surface area contributed by atoms with Gasteiger partial charge >= 0.3 is 0 Å². The van der Waals surface area contributed by atoms with Gasteiger partial charge < -0.3 is 10.1 Å². The molecule has 26 heavy (non-hydrogen) atoms. The quantitative estimate of drug-likeness (QED) is 0.763. The molecule has 0 radical (unpaired) electrons. The van der Waals surface area contributed by atoms with Crippen molar-refractivity contribution in [1.82, 2.24) is 19.7 Å². The van der Waals surface area contributed by atoms with Crippen molar-refractivity contribution in [3.63, 3.8) is 0 Å². The molecule has 1 saturated carbocycles. The Balaban J connectivity index is 1.65. The summed E-state index contributed by atoms with van der Waals surface area (Å²) in [6.07, 6.45) is 7.50. The molecule has 1 aliphatic carbocycles. The molecule has 0 spiro atoms. The molecule has 0 amide bonds. The minimum Gasteiger partial charge on any atom is -0.475 e. The van der Waals surface area contributed by atoms with Crippen LogP contribution in [0.15, 0.2) is 12.4 Å². The molecule has 6 nitrogen and oxygen atoms in total. The first-order valence-corrected chi connectivity index (χ1v) is 9.47. The van der Waals surface area contributed by atoms with Crippen molar-refractivity contribution >= 4 is 23.2 Å². The molecule has 0 aromatic carbocycles. The lowest BCUT2D eigenvalue weighted by Crippen LogP contribution is -2.19. The fourth-order valence-electron chi connectivity index (χ4n) is 3.04. The Morgan fingerprint density at radius 2 is 2.08 bits per heavy atom. The molecule has 0 saturated heterocycles. The minimum atomic E-state index is -0.566. The van der Waals surface area contributed by atoms with Gasteiger partial charge in [-0.3, -0.25) is 4.68 Å². The number of hydrogen-bond donors (Lipinski definition) is 1. The van der Waals surface area contributed by atoms with E-state index in [-0.39, 0.29) is 17.9 Å². The first kappa shape index (κ1) is 18.9. The van der Waals surface area contributed by atoms with Crippen molar-refractivity contribution in [2.75, 3.05) is 11.9 Å². The van der Waals surface area contributed by atoms with Gasteiger partial charge in [0.2, 0.25) is 11.8 Å². The van der Waals surface area contributed by atoms with E-state index in [1.165, 1.54) is 12.8 Å². The minimum absolute atomic E-state index is 0.0338. The lowest BCUT2D eigenvalue weighted by molar-refractivity contribution is 0.178. The molecule has 0 bridgehead atoms. The highest BCUT2D eigenvalue weighted by atomic mass is 35.5. The Morgan fingerprint density at radius 3 is 2.73 bits per heavy atom. The van der Waals surface area contributed by atoms with Gasteiger partial charge in [0.05, 0.1) is 24.7 Å². The van der Waals surface area contributed by atoms with E-state index in [0.29, 0.717) is 23.4 Å². The number of hydrogen-bond acceptors (Lipinski definition) is 5. The molecule has 2 aromatic rings. The van der Waals surface area contributed by atoms with Crippen LogP contribution in [0.1, 0.15) is 52.5 Å². The number of nitrogens with one attached hydrogen (secondary N) is 1. The third-order valence-electron chi connectivity index (χ3n) is 4.77. The first-order valence-electron chi connectivity index (χ1n) is 9.09. The Kier molecular flexibility index (Phi) is 5.96. The summed E-state index contributed by atoms with van der Waals surface area (Å²) < 4.78 is 21.4. The highest BCUT2D eigenvalue weighted by Gasteiger charge is 2.20. The smallest absolute Gasteiger partial charge is 0.255 e. The lowest BCUT2D eigenvalue weighted by atomic mass is 9.83. The molecular formula is C18H25ClFN5O. The van der Waals surface area contributed by atoms with Gasteiger partial charge in [0, 0.05) is 6.04 Å². The molecule has 0 atom stereocenters. The van der Waals surface area contributed by atoms with Crippen molar-refractivity contribution in [2.45, 2.75) is 52.5 Å². The van der Waals surface area contributed by atoms with Gasteiger partial charge in [-0.05, 0) is 38.5 Å². The van der Waals surface area contributed by atoms with Crippen LogP contribution in [-0.4, -0.2) is 26.4 Å². The summed E-state index contributed by atoms with van der Waals surface area (Å²) in [5.41, 5.74) is 0.569. The number of ether oxygens (including phenoxy) is 1. The van der Waals surface area contributed by atoms with Crippen LogP contribution >= 0.6 is 11.6 Å². The molecule has 1 aliphatic rings. The zero-order chi connectivity index (χ0) is 18.7. The van der Waals surface area contributed by atoms with Crippen LogP contribution in [0.4, 0.5) is 16.0 Å². The van der Waals surface area contributed by atoms with Crippen molar-refractivity contribution in [1.29, 1.82) is 0 Å². The van der Waals surface area contributed by atoms with Crippen molar-refractivity contribution < 1.29 is 9.13 Å².